The summed E-state index contributed by atoms with van der Waals surface area (Å²) < 4.78 is 0. The van der Waals surface area contributed by atoms with Crippen LogP contribution in [-0.2, 0) is 0 Å². The number of piperidine rings is 1. The molecule has 1 saturated carbocycles. The molecule has 0 radical (unpaired) electrons. The third-order valence-corrected chi connectivity index (χ3v) is 7.16. The van der Waals surface area contributed by atoms with Crippen LogP contribution in [0.15, 0.2) is 23.9 Å². The molecule has 1 spiro atoms. The average molecular weight is 415 g/mol. The summed E-state index contributed by atoms with van der Waals surface area (Å²) in [4.78, 5) is 2.64. The highest BCUT2D eigenvalue weighted by molar-refractivity contribution is 6.26. The summed E-state index contributed by atoms with van der Waals surface area (Å²) >= 11 is 0. The average Bonchev–Trinajstić information content (AvgIpc) is 3.35. The number of likely N-dealkylation sites (tertiary alicyclic amines) is 1. The Morgan fingerprint density at radius 1 is 1.17 bits per heavy atom. The number of hydrogen-bond acceptors (Lipinski definition) is 5. The lowest BCUT2D eigenvalue weighted by atomic mass is 9.81. The second-order valence-corrected chi connectivity index (χ2v) is 10.3. The Bertz CT molecular complexity index is 704. The van der Waals surface area contributed by atoms with Gasteiger partial charge in [-0.2, -0.15) is 0 Å². The second kappa shape index (κ2) is 9.90. The molecule has 0 bridgehead atoms. The summed E-state index contributed by atoms with van der Waals surface area (Å²) in [5.74, 6) is 1.70. The van der Waals surface area contributed by atoms with Crippen LogP contribution in [-0.4, -0.2) is 55.4 Å². The first-order valence-corrected chi connectivity index (χ1v) is 11.2. The van der Waals surface area contributed by atoms with Crippen LogP contribution in [0.4, 0.5) is 0 Å². The first kappa shape index (κ1) is 24.3. The van der Waals surface area contributed by atoms with Gasteiger partial charge in [-0.05, 0) is 74.1 Å². The van der Waals surface area contributed by atoms with E-state index in [-0.39, 0.29) is 5.71 Å². The van der Waals surface area contributed by atoms with Crippen molar-refractivity contribution in [3.8, 4) is 0 Å². The minimum absolute atomic E-state index is 0.239. The van der Waals surface area contributed by atoms with Gasteiger partial charge in [0.15, 0.2) is 0 Å². The van der Waals surface area contributed by atoms with Gasteiger partial charge in [0, 0.05) is 37.6 Å². The molecule has 2 rings (SSSR count). The fourth-order valence-electron chi connectivity index (χ4n) is 4.26. The predicted octanol–water partition coefficient (Wildman–Crippen LogP) is 4.06. The van der Waals surface area contributed by atoms with E-state index in [1.54, 1.807) is 32.3 Å². The van der Waals surface area contributed by atoms with Crippen LogP contribution in [0, 0.1) is 38.9 Å². The van der Waals surface area contributed by atoms with Crippen LogP contribution in [0.5, 0.6) is 0 Å². The van der Waals surface area contributed by atoms with Crippen LogP contribution >= 0.6 is 0 Å². The molecule has 1 aliphatic carbocycles. The summed E-state index contributed by atoms with van der Waals surface area (Å²) in [5.41, 5.74) is 1.97. The summed E-state index contributed by atoms with van der Waals surface area (Å²) in [6.07, 6.45) is 8.70. The molecule has 0 amide bonds. The van der Waals surface area contributed by atoms with Crippen molar-refractivity contribution >= 4 is 17.3 Å². The van der Waals surface area contributed by atoms with E-state index in [4.69, 9.17) is 16.2 Å². The summed E-state index contributed by atoms with van der Waals surface area (Å²) in [6.45, 7) is 15.5. The molecule has 0 aromatic heterocycles. The summed E-state index contributed by atoms with van der Waals surface area (Å²) in [7, 11) is 1.75. The van der Waals surface area contributed by atoms with Gasteiger partial charge in [-0.1, -0.05) is 27.7 Å². The Kier molecular flexibility index (Phi) is 8.03. The minimum atomic E-state index is 0.239. The summed E-state index contributed by atoms with van der Waals surface area (Å²) in [5, 5.41) is 30.1. The lowest BCUT2D eigenvalue weighted by Gasteiger charge is -2.38. The Labute approximate surface area is 183 Å². The molecule has 5 N–H and O–H groups in total. The molecule has 6 heteroatoms. The maximum Gasteiger partial charge on any atom is 0.118 e. The van der Waals surface area contributed by atoms with Crippen molar-refractivity contribution in [2.24, 2.45) is 22.7 Å². The highest BCUT2D eigenvalue weighted by Crippen LogP contribution is 2.59. The zero-order valence-corrected chi connectivity index (χ0v) is 19.8. The lowest BCUT2D eigenvalue weighted by molar-refractivity contribution is 0.112. The molecule has 1 saturated heterocycles. The van der Waals surface area contributed by atoms with E-state index >= 15 is 0 Å². The zero-order chi connectivity index (χ0) is 22.5. The minimum Gasteiger partial charge on any atom is -0.393 e. The molecule has 1 heterocycles. The lowest BCUT2D eigenvalue weighted by Crippen LogP contribution is -2.40. The quantitative estimate of drug-likeness (QED) is 0.291. The van der Waals surface area contributed by atoms with Crippen molar-refractivity contribution in [2.75, 3.05) is 33.2 Å². The third-order valence-electron chi connectivity index (χ3n) is 7.16. The van der Waals surface area contributed by atoms with E-state index in [9.17, 15) is 0 Å². The van der Waals surface area contributed by atoms with Crippen LogP contribution in [0.2, 0.25) is 0 Å². The second-order valence-electron chi connectivity index (χ2n) is 10.3. The zero-order valence-electron chi connectivity index (χ0n) is 19.8. The van der Waals surface area contributed by atoms with Gasteiger partial charge >= 0.3 is 0 Å². The molecule has 30 heavy (non-hydrogen) atoms. The standard InChI is InChI=1S/C24H42N6/c1-17(23(3,4)5)16-30-11-9-24(10-12-30)13-19(24)14-29-22(27)8-7-21(26)20(15-28-6)18(2)25/h7-8,15,17,19,25-26,28H,9-14,16H2,1-6H3,(H2,27,29)/b8-7-,20-15+,25-18?,26-21?. The number of allylic oxidation sites excluding steroid dienone is 2. The van der Waals surface area contributed by atoms with Gasteiger partial charge in [-0.15, -0.1) is 0 Å². The van der Waals surface area contributed by atoms with Crippen LogP contribution in [0.1, 0.15) is 53.9 Å². The maximum atomic E-state index is 8.13. The van der Waals surface area contributed by atoms with E-state index in [2.05, 4.69) is 43.2 Å². The number of rotatable bonds is 9. The van der Waals surface area contributed by atoms with Gasteiger partial charge in [0.1, 0.15) is 5.84 Å². The van der Waals surface area contributed by atoms with Gasteiger partial charge in [-0.25, -0.2) is 0 Å². The molecular formula is C24H42N6. The van der Waals surface area contributed by atoms with Crippen molar-refractivity contribution in [2.45, 2.75) is 53.9 Å². The smallest absolute Gasteiger partial charge is 0.118 e. The molecular weight excluding hydrogens is 372 g/mol. The first-order chi connectivity index (χ1) is 14.0. The Morgan fingerprint density at radius 2 is 1.80 bits per heavy atom. The highest BCUT2D eigenvalue weighted by Gasteiger charge is 2.54. The van der Waals surface area contributed by atoms with Crippen molar-refractivity contribution < 1.29 is 0 Å². The van der Waals surface area contributed by atoms with Gasteiger partial charge in [0.05, 0.1) is 5.71 Å². The van der Waals surface area contributed by atoms with Crippen molar-refractivity contribution in [1.29, 1.82) is 16.2 Å². The molecule has 0 aromatic carbocycles. The monoisotopic (exact) mass is 414 g/mol. The number of nitrogens with zero attached hydrogens (tertiary/aromatic N) is 1. The predicted molar refractivity (Wildman–Crippen MR) is 128 cm³/mol. The maximum absolute atomic E-state index is 8.13. The third kappa shape index (κ3) is 6.53. The van der Waals surface area contributed by atoms with Crippen LogP contribution < -0.4 is 10.6 Å². The molecule has 2 unspecified atom stereocenters. The fraction of sp³-hybridized carbons (Fsp3) is 0.708. The molecule has 6 nitrogen and oxygen atoms in total. The number of amidine groups is 1. The largest absolute Gasteiger partial charge is 0.393 e. The van der Waals surface area contributed by atoms with Gasteiger partial charge in [0.25, 0.3) is 0 Å². The van der Waals surface area contributed by atoms with E-state index in [0.717, 1.165) is 6.54 Å². The van der Waals surface area contributed by atoms with Crippen LogP contribution in [0.3, 0.4) is 0 Å². The van der Waals surface area contributed by atoms with Gasteiger partial charge in [0.2, 0.25) is 0 Å². The molecule has 1 aliphatic heterocycles. The normalized spacial score (nSPS) is 22.7. The van der Waals surface area contributed by atoms with Gasteiger partial charge < -0.3 is 26.4 Å². The number of hydrogen-bond donors (Lipinski definition) is 5. The molecule has 2 aliphatic rings. The fourth-order valence-corrected chi connectivity index (χ4v) is 4.26. The van der Waals surface area contributed by atoms with Crippen LogP contribution in [0.25, 0.3) is 0 Å². The topological polar surface area (TPSA) is 98.9 Å². The number of nitrogens with one attached hydrogen (secondary N) is 5. The molecule has 0 aromatic rings. The SMILES string of the molecule is CN/C=C(\C(C)=N)C(=N)/C=C\C(=N)NCC1CC12CCN(CC(C)C(C)(C)C)CC2. The van der Waals surface area contributed by atoms with Crippen molar-refractivity contribution in [3.63, 3.8) is 0 Å². The Hall–Kier alpha value is -1.95. The Morgan fingerprint density at radius 3 is 2.33 bits per heavy atom. The highest BCUT2D eigenvalue weighted by atomic mass is 15.1. The van der Waals surface area contributed by atoms with E-state index < -0.39 is 0 Å². The van der Waals surface area contributed by atoms with Gasteiger partial charge in [-0.3, -0.25) is 5.41 Å². The van der Waals surface area contributed by atoms with Crippen molar-refractivity contribution in [1.82, 2.24) is 15.5 Å². The van der Waals surface area contributed by atoms with E-state index in [1.807, 2.05) is 0 Å². The van der Waals surface area contributed by atoms with E-state index in [0.29, 0.717) is 39.8 Å². The summed E-state index contributed by atoms with van der Waals surface area (Å²) in [6, 6.07) is 0. The molecule has 2 fully saturated rings. The van der Waals surface area contributed by atoms with E-state index in [1.165, 1.54) is 38.9 Å². The van der Waals surface area contributed by atoms with Crippen molar-refractivity contribution in [3.05, 3.63) is 23.9 Å². The molecule has 2 atom stereocenters. The Balaban J connectivity index is 1.74. The first-order valence-electron chi connectivity index (χ1n) is 11.2. The molecule has 168 valence electrons.